The molecule has 0 amide bonds. The number of fused-ring (bicyclic) bond motifs is 1. The average Bonchev–Trinajstić information content (AvgIpc) is 2.80. The first-order valence-corrected chi connectivity index (χ1v) is 7.62. The van der Waals surface area contributed by atoms with E-state index in [-0.39, 0.29) is 5.41 Å². The molecule has 1 aromatic heterocycles. The Morgan fingerprint density at radius 3 is 2.25 bits per heavy atom. The summed E-state index contributed by atoms with van der Waals surface area (Å²) >= 11 is 3.51. The van der Waals surface area contributed by atoms with E-state index < -0.39 is 0 Å². The lowest BCUT2D eigenvalue weighted by molar-refractivity contribution is 0.590. The Labute approximate surface area is 128 Å². The molecule has 20 heavy (non-hydrogen) atoms. The third-order valence-corrected chi connectivity index (χ3v) is 4.14. The van der Waals surface area contributed by atoms with Gasteiger partial charge in [0.2, 0.25) is 0 Å². The molecule has 0 aliphatic heterocycles. The zero-order valence-corrected chi connectivity index (χ0v) is 13.6. The molecule has 3 rings (SSSR count). The second-order valence-electron chi connectivity index (χ2n) is 6.24. The van der Waals surface area contributed by atoms with Gasteiger partial charge in [0.05, 0.1) is 0 Å². The van der Waals surface area contributed by atoms with Crippen LogP contribution in [0.15, 0.2) is 53.0 Å². The molecule has 102 valence electrons. The Morgan fingerprint density at radius 1 is 0.900 bits per heavy atom. The highest BCUT2D eigenvalue weighted by atomic mass is 79.9. The van der Waals surface area contributed by atoms with Crippen LogP contribution in [0, 0.1) is 0 Å². The van der Waals surface area contributed by atoms with E-state index in [4.69, 9.17) is 0 Å². The van der Waals surface area contributed by atoms with Crippen molar-refractivity contribution < 1.29 is 0 Å². The molecular formula is C18H18BrN. The first kappa shape index (κ1) is 13.4. The number of H-pyrrole nitrogens is 1. The van der Waals surface area contributed by atoms with E-state index in [1.54, 1.807) is 0 Å². The summed E-state index contributed by atoms with van der Waals surface area (Å²) in [6, 6.07) is 17.3. The molecule has 0 saturated carbocycles. The summed E-state index contributed by atoms with van der Waals surface area (Å²) in [7, 11) is 0. The van der Waals surface area contributed by atoms with E-state index in [2.05, 4.69) is 90.2 Å². The van der Waals surface area contributed by atoms with Gasteiger partial charge >= 0.3 is 0 Å². The lowest BCUT2D eigenvalue weighted by atomic mass is 9.86. The molecule has 0 aliphatic rings. The normalized spacial score (nSPS) is 12.0. The van der Waals surface area contributed by atoms with Crippen LogP contribution in [0.4, 0.5) is 0 Å². The van der Waals surface area contributed by atoms with Crippen LogP contribution in [0.25, 0.3) is 22.2 Å². The molecule has 0 saturated heterocycles. The molecule has 0 bridgehead atoms. The van der Waals surface area contributed by atoms with Crippen molar-refractivity contribution in [2.45, 2.75) is 26.2 Å². The van der Waals surface area contributed by atoms with E-state index >= 15 is 0 Å². The average molecular weight is 328 g/mol. The van der Waals surface area contributed by atoms with Crippen LogP contribution < -0.4 is 0 Å². The molecule has 3 aromatic rings. The lowest BCUT2D eigenvalue weighted by Crippen LogP contribution is -2.10. The SMILES string of the molecule is CC(C)(C)c1ccc(-c2cc3ccc(Br)cc3[nH]2)cc1. The van der Waals surface area contributed by atoms with Crippen molar-refractivity contribution in [2.24, 2.45) is 0 Å². The molecule has 1 heterocycles. The van der Waals surface area contributed by atoms with Crippen molar-refractivity contribution in [3.63, 3.8) is 0 Å². The molecule has 2 aromatic carbocycles. The van der Waals surface area contributed by atoms with Gasteiger partial charge in [-0.15, -0.1) is 0 Å². The van der Waals surface area contributed by atoms with Gasteiger partial charge in [0.1, 0.15) is 0 Å². The minimum absolute atomic E-state index is 0.198. The van der Waals surface area contributed by atoms with Crippen LogP contribution in [-0.2, 0) is 5.41 Å². The third-order valence-electron chi connectivity index (χ3n) is 3.65. The fraction of sp³-hybridized carbons (Fsp3) is 0.222. The van der Waals surface area contributed by atoms with Crippen LogP contribution in [0.5, 0.6) is 0 Å². The Balaban J connectivity index is 2.02. The molecule has 0 spiro atoms. The Kier molecular flexibility index (Phi) is 3.21. The van der Waals surface area contributed by atoms with Gasteiger partial charge in [0.25, 0.3) is 0 Å². The molecule has 2 heteroatoms. The number of benzene rings is 2. The molecule has 0 unspecified atom stereocenters. The zero-order chi connectivity index (χ0) is 14.3. The maximum Gasteiger partial charge on any atom is 0.0470 e. The second-order valence-corrected chi connectivity index (χ2v) is 7.16. The molecule has 0 atom stereocenters. The van der Waals surface area contributed by atoms with Crippen molar-refractivity contribution in [3.8, 4) is 11.3 Å². The number of halogens is 1. The number of aromatic nitrogens is 1. The lowest BCUT2D eigenvalue weighted by Gasteiger charge is -2.19. The Morgan fingerprint density at radius 2 is 1.60 bits per heavy atom. The van der Waals surface area contributed by atoms with Gasteiger partial charge < -0.3 is 4.98 Å². The Hall–Kier alpha value is -1.54. The van der Waals surface area contributed by atoms with Crippen molar-refractivity contribution >= 4 is 26.8 Å². The maximum absolute atomic E-state index is 3.51. The first-order chi connectivity index (χ1) is 9.43. The van der Waals surface area contributed by atoms with E-state index in [0.717, 1.165) is 9.99 Å². The third kappa shape index (κ3) is 2.53. The number of hydrogen-bond donors (Lipinski definition) is 1. The molecule has 1 nitrogen and oxygen atoms in total. The topological polar surface area (TPSA) is 15.8 Å². The fourth-order valence-corrected chi connectivity index (χ4v) is 2.77. The van der Waals surface area contributed by atoms with Gasteiger partial charge in [0.15, 0.2) is 0 Å². The summed E-state index contributed by atoms with van der Waals surface area (Å²) < 4.78 is 1.10. The van der Waals surface area contributed by atoms with Crippen molar-refractivity contribution in [1.29, 1.82) is 0 Å². The molecule has 0 aliphatic carbocycles. The van der Waals surface area contributed by atoms with E-state index in [1.165, 1.54) is 22.2 Å². The second kappa shape index (κ2) is 4.78. The summed E-state index contributed by atoms with van der Waals surface area (Å²) in [5.74, 6) is 0. The van der Waals surface area contributed by atoms with Crippen molar-refractivity contribution in [2.75, 3.05) is 0 Å². The quantitative estimate of drug-likeness (QED) is 0.573. The van der Waals surface area contributed by atoms with Crippen LogP contribution in [0.1, 0.15) is 26.3 Å². The summed E-state index contributed by atoms with van der Waals surface area (Å²) in [5.41, 5.74) is 5.11. The highest BCUT2D eigenvalue weighted by Crippen LogP contribution is 2.28. The van der Waals surface area contributed by atoms with Crippen LogP contribution >= 0.6 is 15.9 Å². The van der Waals surface area contributed by atoms with Gasteiger partial charge in [-0.1, -0.05) is 67.0 Å². The predicted molar refractivity (Wildman–Crippen MR) is 90.1 cm³/mol. The molecule has 0 radical (unpaired) electrons. The standard InChI is InChI=1S/C18H18BrN/c1-18(2,3)14-7-4-12(5-8-14)16-10-13-6-9-15(19)11-17(13)20-16/h4-11,20H,1-3H3. The summed E-state index contributed by atoms with van der Waals surface area (Å²) in [6.07, 6.45) is 0. The first-order valence-electron chi connectivity index (χ1n) is 6.83. The fourth-order valence-electron chi connectivity index (χ4n) is 2.40. The Bertz CT molecular complexity index is 745. The minimum Gasteiger partial charge on any atom is -0.354 e. The molecule has 1 N–H and O–H groups in total. The largest absolute Gasteiger partial charge is 0.354 e. The van der Waals surface area contributed by atoms with E-state index in [0.29, 0.717) is 0 Å². The van der Waals surface area contributed by atoms with Gasteiger partial charge in [-0.05, 0) is 34.7 Å². The number of nitrogens with one attached hydrogen (secondary N) is 1. The van der Waals surface area contributed by atoms with Gasteiger partial charge in [-0.25, -0.2) is 0 Å². The highest BCUT2D eigenvalue weighted by molar-refractivity contribution is 9.10. The zero-order valence-electron chi connectivity index (χ0n) is 12.0. The summed E-state index contributed by atoms with van der Waals surface area (Å²) in [6.45, 7) is 6.72. The number of rotatable bonds is 1. The van der Waals surface area contributed by atoms with Crippen LogP contribution in [0.3, 0.4) is 0 Å². The minimum atomic E-state index is 0.198. The summed E-state index contributed by atoms with van der Waals surface area (Å²) in [4.78, 5) is 3.48. The van der Waals surface area contributed by atoms with E-state index in [1.807, 2.05) is 0 Å². The smallest absolute Gasteiger partial charge is 0.0470 e. The van der Waals surface area contributed by atoms with Crippen LogP contribution in [-0.4, -0.2) is 4.98 Å². The van der Waals surface area contributed by atoms with Gasteiger partial charge in [-0.2, -0.15) is 0 Å². The van der Waals surface area contributed by atoms with Gasteiger partial charge in [0, 0.05) is 21.1 Å². The predicted octanol–water partition coefficient (Wildman–Crippen LogP) is 5.89. The van der Waals surface area contributed by atoms with Crippen molar-refractivity contribution in [1.82, 2.24) is 4.98 Å². The van der Waals surface area contributed by atoms with Crippen LogP contribution in [0.2, 0.25) is 0 Å². The van der Waals surface area contributed by atoms with E-state index in [9.17, 15) is 0 Å². The number of aromatic amines is 1. The van der Waals surface area contributed by atoms with Gasteiger partial charge in [-0.3, -0.25) is 0 Å². The molecule has 0 fully saturated rings. The summed E-state index contributed by atoms with van der Waals surface area (Å²) in [5, 5.41) is 1.24. The molecular weight excluding hydrogens is 310 g/mol. The highest BCUT2D eigenvalue weighted by Gasteiger charge is 2.13. The monoisotopic (exact) mass is 327 g/mol. The van der Waals surface area contributed by atoms with Crippen molar-refractivity contribution in [3.05, 3.63) is 58.6 Å². The number of hydrogen-bond acceptors (Lipinski definition) is 0. The maximum atomic E-state index is 3.51.